The Morgan fingerprint density at radius 1 is 1.39 bits per heavy atom. The zero-order valence-corrected chi connectivity index (χ0v) is 10.7. The molecule has 0 aliphatic carbocycles. The molecule has 0 N–H and O–H groups in total. The molecule has 1 aromatic rings. The molecule has 1 atom stereocenters. The molecule has 1 saturated heterocycles. The van der Waals surface area contributed by atoms with Gasteiger partial charge >= 0.3 is 6.09 Å². The third-order valence-electron chi connectivity index (χ3n) is 3.18. The molecule has 0 aromatic heterocycles. The van der Waals surface area contributed by atoms with Crippen LogP contribution >= 0.6 is 0 Å². The number of carbonyl (C=O) groups excluding carboxylic acids is 1. The standard InChI is InChI=1S/C14H19NO3/c1-17-11-13-8-5-9-15(13)14(16)18-10-12-6-3-2-4-7-12/h2-4,6-7,13H,5,8-11H2,1H3. The van der Waals surface area contributed by atoms with E-state index in [1.54, 1.807) is 12.0 Å². The number of ether oxygens (including phenoxy) is 2. The van der Waals surface area contributed by atoms with Crippen LogP contribution in [0, 0.1) is 0 Å². The number of carbonyl (C=O) groups is 1. The second-order valence-electron chi connectivity index (χ2n) is 4.48. The summed E-state index contributed by atoms with van der Waals surface area (Å²) < 4.78 is 10.4. The summed E-state index contributed by atoms with van der Waals surface area (Å²) in [6, 6.07) is 9.88. The first kappa shape index (κ1) is 12.9. The van der Waals surface area contributed by atoms with E-state index in [9.17, 15) is 4.79 Å². The van der Waals surface area contributed by atoms with E-state index in [4.69, 9.17) is 9.47 Å². The molecular formula is C14H19NO3. The smallest absolute Gasteiger partial charge is 0.410 e. The molecule has 1 aromatic carbocycles. The van der Waals surface area contributed by atoms with Gasteiger partial charge < -0.3 is 14.4 Å². The molecule has 0 bridgehead atoms. The van der Waals surface area contributed by atoms with Crippen molar-refractivity contribution >= 4 is 6.09 Å². The number of hydrogen-bond donors (Lipinski definition) is 0. The van der Waals surface area contributed by atoms with Crippen LogP contribution in [0.4, 0.5) is 4.79 Å². The highest BCUT2D eigenvalue weighted by Gasteiger charge is 2.29. The predicted octanol–water partition coefficient (Wildman–Crippen LogP) is 2.43. The highest BCUT2D eigenvalue weighted by molar-refractivity contribution is 5.68. The molecule has 1 unspecified atom stereocenters. The zero-order valence-electron chi connectivity index (χ0n) is 10.7. The fourth-order valence-corrected chi connectivity index (χ4v) is 2.24. The quantitative estimate of drug-likeness (QED) is 0.822. The van der Waals surface area contributed by atoms with Crippen LogP contribution in [0.3, 0.4) is 0 Å². The topological polar surface area (TPSA) is 38.8 Å². The maximum absolute atomic E-state index is 12.0. The Balaban J connectivity index is 1.84. The van der Waals surface area contributed by atoms with Gasteiger partial charge in [-0.1, -0.05) is 30.3 Å². The van der Waals surface area contributed by atoms with Crippen LogP contribution in [0.25, 0.3) is 0 Å². The average Bonchev–Trinajstić information content (AvgIpc) is 2.86. The van der Waals surface area contributed by atoms with Crippen molar-refractivity contribution in [3.8, 4) is 0 Å². The third-order valence-corrected chi connectivity index (χ3v) is 3.18. The van der Waals surface area contributed by atoms with Gasteiger partial charge in [0.2, 0.25) is 0 Å². The van der Waals surface area contributed by atoms with Gasteiger partial charge in [-0.2, -0.15) is 0 Å². The summed E-state index contributed by atoms with van der Waals surface area (Å²) >= 11 is 0. The van der Waals surface area contributed by atoms with E-state index in [0.717, 1.165) is 24.9 Å². The van der Waals surface area contributed by atoms with Gasteiger partial charge in [0, 0.05) is 13.7 Å². The number of hydrogen-bond acceptors (Lipinski definition) is 3. The van der Waals surface area contributed by atoms with Crippen molar-refractivity contribution in [3.05, 3.63) is 35.9 Å². The van der Waals surface area contributed by atoms with Gasteiger partial charge in [0.05, 0.1) is 12.6 Å². The zero-order chi connectivity index (χ0) is 12.8. The van der Waals surface area contributed by atoms with Crippen molar-refractivity contribution in [2.24, 2.45) is 0 Å². The molecule has 0 radical (unpaired) electrons. The van der Waals surface area contributed by atoms with Crippen LogP contribution in [0.2, 0.25) is 0 Å². The minimum Gasteiger partial charge on any atom is -0.445 e. The number of methoxy groups -OCH3 is 1. The molecule has 18 heavy (non-hydrogen) atoms. The van der Waals surface area contributed by atoms with Gasteiger partial charge in [-0.25, -0.2) is 4.79 Å². The lowest BCUT2D eigenvalue weighted by molar-refractivity contribution is 0.0701. The number of rotatable bonds is 4. The monoisotopic (exact) mass is 249 g/mol. The molecule has 0 spiro atoms. The van der Waals surface area contributed by atoms with Gasteiger partial charge in [-0.3, -0.25) is 0 Å². The third kappa shape index (κ3) is 3.23. The largest absolute Gasteiger partial charge is 0.445 e. The highest BCUT2D eigenvalue weighted by atomic mass is 16.6. The van der Waals surface area contributed by atoms with E-state index >= 15 is 0 Å². The second kappa shape index (κ2) is 6.40. The summed E-state index contributed by atoms with van der Waals surface area (Å²) in [5.41, 5.74) is 1.01. The van der Waals surface area contributed by atoms with Crippen molar-refractivity contribution in [3.63, 3.8) is 0 Å². The van der Waals surface area contributed by atoms with Crippen molar-refractivity contribution < 1.29 is 14.3 Å². The molecule has 98 valence electrons. The minimum absolute atomic E-state index is 0.165. The first-order valence-electron chi connectivity index (χ1n) is 6.27. The molecule has 1 aliphatic heterocycles. The van der Waals surface area contributed by atoms with Crippen LogP contribution in [-0.2, 0) is 16.1 Å². The lowest BCUT2D eigenvalue weighted by Crippen LogP contribution is -2.38. The number of benzene rings is 1. The van der Waals surface area contributed by atoms with E-state index in [2.05, 4.69) is 0 Å². The summed E-state index contributed by atoms with van der Waals surface area (Å²) in [5, 5.41) is 0. The fourth-order valence-electron chi connectivity index (χ4n) is 2.24. The maximum atomic E-state index is 12.0. The molecule has 2 rings (SSSR count). The van der Waals surface area contributed by atoms with Crippen molar-refractivity contribution in [1.82, 2.24) is 4.90 Å². The SMILES string of the molecule is COCC1CCCN1C(=O)OCc1ccccc1. The second-order valence-corrected chi connectivity index (χ2v) is 4.48. The Hall–Kier alpha value is -1.55. The van der Waals surface area contributed by atoms with Gasteiger partial charge in [0.25, 0.3) is 0 Å². The van der Waals surface area contributed by atoms with Crippen molar-refractivity contribution in [1.29, 1.82) is 0 Å². The first-order chi connectivity index (χ1) is 8.81. The average molecular weight is 249 g/mol. The van der Waals surface area contributed by atoms with Crippen LogP contribution in [-0.4, -0.2) is 37.3 Å². The van der Waals surface area contributed by atoms with Crippen LogP contribution in [0.1, 0.15) is 18.4 Å². The Labute approximate surface area is 107 Å². The molecule has 1 heterocycles. The van der Waals surface area contributed by atoms with E-state index in [1.807, 2.05) is 30.3 Å². The Bertz CT molecular complexity index is 380. The van der Waals surface area contributed by atoms with E-state index in [1.165, 1.54) is 0 Å². The van der Waals surface area contributed by atoms with Gasteiger partial charge in [0.15, 0.2) is 0 Å². The molecule has 1 aliphatic rings. The normalized spacial score (nSPS) is 18.9. The van der Waals surface area contributed by atoms with Crippen LogP contribution < -0.4 is 0 Å². The van der Waals surface area contributed by atoms with Crippen LogP contribution in [0.15, 0.2) is 30.3 Å². The molecule has 1 fully saturated rings. The summed E-state index contributed by atoms with van der Waals surface area (Å²) in [6.45, 7) is 1.68. The number of amides is 1. The Kier molecular flexibility index (Phi) is 4.59. The minimum atomic E-state index is -0.238. The Morgan fingerprint density at radius 2 is 2.17 bits per heavy atom. The number of likely N-dealkylation sites (tertiary alicyclic amines) is 1. The van der Waals surface area contributed by atoms with Gasteiger partial charge in [-0.15, -0.1) is 0 Å². The van der Waals surface area contributed by atoms with Crippen molar-refractivity contribution in [2.75, 3.05) is 20.3 Å². The van der Waals surface area contributed by atoms with E-state index < -0.39 is 0 Å². The van der Waals surface area contributed by atoms with E-state index in [0.29, 0.717) is 13.2 Å². The molecule has 4 nitrogen and oxygen atoms in total. The molecular weight excluding hydrogens is 230 g/mol. The summed E-state index contributed by atoms with van der Waals surface area (Å²) in [5.74, 6) is 0. The molecule has 4 heteroatoms. The van der Waals surface area contributed by atoms with Crippen LogP contribution in [0.5, 0.6) is 0 Å². The Morgan fingerprint density at radius 3 is 2.89 bits per heavy atom. The maximum Gasteiger partial charge on any atom is 0.410 e. The summed E-state index contributed by atoms with van der Waals surface area (Å²) in [4.78, 5) is 13.7. The molecule has 1 amide bonds. The summed E-state index contributed by atoms with van der Waals surface area (Å²) in [7, 11) is 1.66. The highest BCUT2D eigenvalue weighted by Crippen LogP contribution is 2.18. The summed E-state index contributed by atoms with van der Waals surface area (Å²) in [6.07, 6.45) is 1.78. The number of nitrogens with zero attached hydrogens (tertiary/aromatic N) is 1. The van der Waals surface area contributed by atoms with E-state index in [-0.39, 0.29) is 12.1 Å². The lowest BCUT2D eigenvalue weighted by Gasteiger charge is -2.23. The van der Waals surface area contributed by atoms with Crippen molar-refractivity contribution in [2.45, 2.75) is 25.5 Å². The van der Waals surface area contributed by atoms with Gasteiger partial charge in [-0.05, 0) is 18.4 Å². The lowest BCUT2D eigenvalue weighted by atomic mass is 10.2. The predicted molar refractivity (Wildman–Crippen MR) is 68.2 cm³/mol. The molecule has 0 saturated carbocycles. The first-order valence-corrected chi connectivity index (χ1v) is 6.27. The van der Waals surface area contributed by atoms with Gasteiger partial charge in [0.1, 0.15) is 6.61 Å². The fraction of sp³-hybridized carbons (Fsp3) is 0.500.